The number of ether oxygens (including phenoxy) is 2. The van der Waals surface area contributed by atoms with Crippen molar-refractivity contribution in [3.05, 3.63) is 65.7 Å². The lowest BCUT2D eigenvalue weighted by atomic mass is 9.74. The number of carboxylic acid groups (broad SMARTS) is 1. The summed E-state index contributed by atoms with van der Waals surface area (Å²) in [7, 11) is 0. The van der Waals surface area contributed by atoms with Gasteiger partial charge in [0.25, 0.3) is 6.47 Å². The van der Waals surface area contributed by atoms with Crippen LogP contribution >= 0.6 is 0 Å². The lowest BCUT2D eigenvalue weighted by molar-refractivity contribution is -0.122. The van der Waals surface area contributed by atoms with Crippen molar-refractivity contribution >= 4 is 6.47 Å². The summed E-state index contributed by atoms with van der Waals surface area (Å²) >= 11 is 0. The maximum absolute atomic E-state index is 9.76. The van der Waals surface area contributed by atoms with Crippen LogP contribution in [0.4, 0.5) is 0 Å². The molecule has 3 fully saturated rings. The molecule has 3 saturated heterocycles. The summed E-state index contributed by atoms with van der Waals surface area (Å²) in [6.07, 6.45) is 2.56. The molecule has 0 unspecified atom stereocenters. The molecule has 5 rings (SSSR count). The van der Waals surface area contributed by atoms with Crippen molar-refractivity contribution in [2.75, 3.05) is 19.7 Å². The summed E-state index contributed by atoms with van der Waals surface area (Å²) in [5.74, 6) is 1.73. The number of hydrogen-bond donors (Lipinski definition) is 2. The Kier molecular flexibility index (Phi) is 6.37. The van der Waals surface area contributed by atoms with Crippen molar-refractivity contribution < 1.29 is 24.5 Å². The van der Waals surface area contributed by atoms with Gasteiger partial charge in [-0.05, 0) is 36.1 Å². The molecule has 0 aliphatic carbocycles. The summed E-state index contributed by atoms with van der Waals surface area (Å²) in [5, 5.41) is 16.6. The van der Waals surface area contributed by atoms with E-state index in [0.29, 0.717) is 24.5 Å². The number of carbonyl (C=O) groups is 1. The van der Waals surface area contributed by atoms with E-state index in [1.54, 1.807) is 0 Å². The molecule has 0 amide bonds. The lowest BCUT2D eigenvalue weighted by Gasteiger charge is -2.28. The topological polar surface area (TPSA) is 79.2 Å². The monoisotopic (exact) mass is 411 g/mol. The van der Waals surface area contributed by atoms with Gasteiger partial charge in [-0.3, -0.25) is 9.69 Å². The summed E-state index contributed by atoms with van der Waals surface area (Å²) in [5.41, 5.74) is 2.49. The van der Waals surface area contributed by atoms with Gasteiger partial charge >= 0.3 is 0 Å². The summed E-state index contributed by atoms with van der Waals surface area (Å²) in [4.78, 5) is 10.9. The molecule has 3 heterocycles. The Labute approximate surface area is 177 Å². The Morgan fingerprint density at radius 2 is 1.87 bits per heavy atom. The molecule has 2 N–H and O–H groups in total. The lowest BCUT2D eigenvalue weighted by Crippen LogP contribution is -2.37. The molecule has 1 spiro atoms. The summed E-state index contributed by atoms with van der Waals surface area (Å²) in [6, 6.07) is 18.7. The highest BCUT2D eigenvalue weighted by Gasteiger charge is 2.62. The van der Waals surface area contributed by atoms with Crippen LogP contribution in [-0.4, -0.2) is 53.0 Å². The number of benzene rings is 2. The van der Waals surface area contributed by atoms with Crippen molar-refractivity contribution in [3.8, 4) is 5.75 Å². The minimum absolute atomic E-state index is 0.0107. The van der Waals surface area contributed by atoms with E-state index in [4.69, 9.17) is 19.4 Å². The second-order valence-electron chi connectivity index (χ2n) is 8.41. The van der Waals surface area contributed by atoms with Gasteiger partial charge < -0.3 is 19.7 Å². The minimum atomic E-state index is -0.250. The summed E-state index contributed by atoms with van der Waals surface area (Å²) < 4.78 is 12.2. The van der Waals surface area contributed by atoms with Gasteiger partial charge in [0.15, 0.2) is 0 Å². The zero-order valence-corrected chi connectivity index (χ0v) is 17.0. The first-order valence-electron chi connectivity index (χ1n) is 10.5. The molecule has 2 bridgehead atoms. The van der Waals surface area contributed by atoms with Gasteiger partial charge in [-0.25, -0.2) is 0 Å². The fraction of sp³-hybridized carbons (Fsp3) is 0.458. The third kappa shape index (κ3) is 4.21. The Hall–Kier alpha value is -2.41. The minimum Gasteiger partial charge on any atom is -0.489 e. The summed E-state index contributed by atoms with van der Waals surface area (Å²) in [6.45, 7) is 3.57. The molecule has 2 aromatic rings. The van der Waals surface area contributed by atoms with Crippen LogP contribution in [0, 0.1) is 11.8 Å². The molecule has 3 aliphatic heterocycles. The van der Waals surface area contributed by atoms with Gasteiger partial charge in [-0.15, -0.1) is 0 Å². The highest BCUT2D eigenvalue weighted by molar-refractivity contribution is 5.32. The molecular formula is C24H29NO5. The van der Waals surface area contributed by atoms with Gasteiger partial charge in [0, 0.05) is 38.1 Å². The predicted octanol–water partition coefficient (Wildman–Crippen LogP) is 2.94. The predicted molar refractivity (Wildman–Crippen MR) is 112 cm³/mol. The largest absolute Gasteiger partial charge is 0.489 e. The molecule has 0 saturated carbocycles. The van der Waals surface area contributed by atoms with Gasteiger partial charge in [0.2, 0.25) is 0 Å². The molecule has 4 atom stereocenters. The quantitative estimate of drug-likeness (QED) is 0.712. The Morgan fingerprint density at radius 3 is 2.57 bits per heavy atom. The average Bonchev–Trinajstić information content (AvgIpc) is 3.42. The van der Waals surface area contributed by atoms with Crippen LogP contribution in [-0.2, 0) is 22.7 Å². The van der Waals surface area contributed by atoms with Crippen LogP contribution in [0.5, 0.6) is 5.75 Å². The van der Waals surface area contributed by atoms with E-state index in [0.717, 1.165) is 38.2 Å². The number of nitrogens with zero attached hydrogens (tertiary/aromatic N) is 1. The second-order valence-corrected chi connectivity index (χ2v) is 8.41. The number of aliphatic hydroxyl groups is 1. The van der Waals surface area contributed by atoms with Crippen LogP contribution < -0.4 is 4.74 Å². The van der Waals surface area contributed by atoms with Crippen LogP contribution in [0.25, 0.3) is 0 Å². The van der Waals surface area contributed by atoms with E-state index in [1.165, 1.54) is 11.1 Å². The van der Waals surface area contributed by atoms with Gasteiger partial charge in [-0.1, -0.05) is 42.5 Å². The number of hydrogen-bond acceptors (Lipinski definition) is 5. The standard InChI is InChI=1S/C23H27NO3.CH2O2/c25-14-20-21-13-24(16-23(21)11-10-22(20)27-23)12-17-6-8-19(9-7-17)26-15-18-4-2-1-3-5-18;2-1-3/h1-9,20-22,25H,10-16H2;1H,(H,2,3)/t20-,21+,22+,23+;/m0./s1. The van der Waals surface area contributed by atoms with Crippen LogP contribution in [0.2, 0.25) is 0 Å². The van der Waals surface area contributed by atoms with Crippen LogP contribution in [0.15, 0.2) is 54.6 Å². The molecule has 30 heavy (non-hydrogen) atoms. The fourth-order valence-electron chi connectivity index (χ4n) is 5.34. The SMILES string of the molecule is O=CO.OC[C@H]1[C@H]2CN(Cc3ccc(OCc4ccccc4)cc3)C[C@]23CC[C@H]1O3. The van der Waals surface area contributed by atoms with Crippen molar-refractivity contribution in [1.82, 2.24) is 4.90 Å². The highest BCUT2D eigenvalue weighted by Crippen LogP contribution is 2.54. The maximum atomic E-state index is 9.76. The Bertz CT molecular complexity index is 827. The van der Waals surface area contributed by atoms with E-state index in [1.807, 2.05) is 18.2 Å². The number of rotatable bonds is 6. The average molecular weight is 411 g/mol. The van der Waals surface area contributed by atoms with Crippen molar-refractivity contribution in [1.29, 1.82) is 0 Å². The number of fused-ring (bicyclic) bond motifs is 1. The molecule has 6 nitrogen and oxygen atoms in total. The first-order chi connectivity index (χ1) is 14.7. The smallest absolute Gasteiger partial charge is 0.290 e. The zero-order chi connectivity index (χ0) is 21.0. The van der Waals surface area contributed by atoms with Crippen molar-refractivity contribution in [3.63, 3.8) is 0 Å². The maximum Gasteiger partial charge on any atom is 0.290 e. The van der Waals surface area contributed by atoms with Gasteiger partial charge in [0.1, 0.15) is 12.4 Å². The van der Waals surface area contributed by atoms with E-state index < -0.39 is 0 Å². The molecule has 3 aliphatic rings. The van der Waals surface area contributed by atoms with E-state index in [-0.39, 0.29) is 18.7 Å². The third-order valence-corrected chi connectivity index (χ3v) is 6.64. The van der Waals surface area contributed by atoms with Gasteiger partial charge in [-0.2, -0.15) is 0 Å². The van der Waals surface area contributed by atoms with E-state index in [9.17, 15) is 5.11 Å². The molecule has 160 valence electrons. The van der Waals surface area contributed by atoms with Crippen molar-refractivity contribution in [2.45, 2.75) is 37.7 Å². The zero-order valence-electron chi connectivity index (χ0n) is 17.0. The van der Waals surface area contributed by atoms with Crippen LogP contribution in [0.1, 0.15) is 24.0 Å². The molecular weight excluding hydrogens is 382 g/mol. The fourth-order valence-corrected chi connectivity index (χ4v) is 5.34. The third-order valence-electron chi connectivity index (χ3n) is 6.64. The highest BCUT2D eigenvalue weighted by atomic mass is 16.5. The number of likely N-dealkylation sites (tertiary alicyclic amines) is 1. The Morgan fingerprint density at radius 1 is 1.13 bits per heavy atom. The second kappa shape index (κ2) is 9.16. The normalized spacial score (nSPS) is 29.2. The first kappa shape index (κ1) is 20.8. The molecule has 6 heteroatoms. The Balaban J connectivity index is 0.000000687. The molecule has 0 aromatic heterocycles. The van der Waals surface area contributed by atoms with E-state index >= 15 is 0 Å². The molecule has 2 aromatic carbocycles. The molecule has 0 radical (unpaired) electrons. The first-order valence-corrected chi connectivity index (χ1v) is 10.5. The van der Waals surface area contributed by atoms with Crippen LogP contribution in [0.3, 0.4) is 0 Å². The van der Waals surface area contributed by atoms with Gasteiger partial charge in [0.05, 0.1) is 11.7 Å². The number of aliphatic hydroxyl groups excluding tert-OH is 1. The van der Waals surface area contributed by atoms with E-state index in [2.05, 4.69) is 41.3 Å². The van der Waals surface area contributed by atoms with Crippen molar-refractivity contribution in [2.24, 2.45) is 11.8 Å².